The quantitative estimate of drug-likeness (QED) is 0.728. The van der Waals surface area contributed by atoms with Crippen LogP contribution in [0.15, 0.2) is 60.7 Å². The molecule has 2 aromatic carbocycles. The number of hydrogen-bond donors (Lipinski definition) is 0. The molecular formula is C18H13F4NO3. The lowest BCUT2D eigenvalue weighted by molar-refractivity contribution is -0.171. The minimum atomic E-state index is -4.65. The Hall–Kier alpha value is -3.03. The first kappa shape index (κ1) is 17.8. The van der Waals surface area contributed by atoms with Crippen LogP contribution < -0.4 is 0 Å². The van der Waals surface area contributed by atoms with Crippen molar-refractivity contribution in [3.8, 4) is 0 Å². The van der Waals surface area contributed by atoms with Crippen LogP contribution in [-0.2, 0) is 9.57 Å². The Morgan fingerprint density at radius 2 is 1.73 bits per heavy atom. The zero-order valence-corrected chi connectivity index (χ0v) is 13.2. The van der Waals surface area contributed by atoms with Crippen molar-refractivity contribution in [1.29, 1.82) is 0 Å². The van der Waals surface area contributed by atoms with Gasteiger partial charge in [-0.25, -0.2) is 9.18 Å². The SMILES string of the molecule is O=C(OCC(F)(F)F)N1OC(c2ccc(F)cc2)=CC1c1ccccc1. The highest BCUT2D eigenvalue weighted by Crippen LogP contribution is 2.36. The highest BCUT2D eigenvalue weighted by atomic mass is 19.4. The normalized spacial score (nSPS) is 16.8. The monoisotopic (exact) mass is 367 g/mol. The lowest BCUT2D eigenvalue weighted by atomic mass is 10.1. The minimum Gasteiger partial charge on any atom is -0.438 e. The van der Waals surface area contributed by atoms with Crippen LogP contribution >= 0.6 is 0 Å². The summed E-state index contributed by atoms with van der Waals surface area (Å²) in [4.78, 5) is 17.5. The summed E-state index contributed by atoms with van der Waals surface area (Å²) in [6.45, 7) is -1.72. The van der Waals surface area contributed by atoms with Crippen molar-refractivity contribution in [2.24, 2.45) is 0 Å². The van der Waals surface area contributed by atoms with E-state index in [0.29, 0.717) is 11.1 Å². The third-order valence-electron chi connectivity index (χ3n) is 3.57. The van der Waals surface area contributed by atoms with Crippen molar-refractivity contribution < 1.29 is 31.9 Å². The summed E-state index contributed by atoms with van der Waals surface area (Å²) in [6, 6.07) is 13.1. The molecule has 1 aliphatic rings. The number of benzene rings is 2. The molecule has 4 nitrogen and oxygen atoms in total. The molecule has 0 fully saturated rings. The van der Waals surface area contributed by atoms with Gasteiger partial charge in [0.2, 0.25) is 0 Å². The molecule has 0 spiro atoms. The van der Waals surface area contributed by atoms with Gasteiger partial charge in [-0.3, -0.25) is 0 Å². The summed E-state index contributed by atoms with van der Waals surface area (Å²) in [5.74, 6) is -0.240. The summed E-state index contributed by atoms with van der Waals surface area (Å²) >= 11 is 0. The molecule has 0 saturated carbocycles. The molecule has 1 unspecified atom stereocenters. The number of hydroxylamine groups is 2. The van der Waals surface area contributed by atoms with Gasteiger partial charge in [0.1, 0.15) is 11.9 Å². The molecule has 26 heavy (non-hydrogen) atoms. The fourth-order valence-electron chi connectivity index (χ4n) is 2.41. The summed E-state index contributed by atoms with van der Waals surface area (Å²) in [5.41, 5.74) is 1.09. The first-order valence-corrected chi connectivity index (χ1v) is 7.57. The molecule has 0 saturated heterocycles. The fourth-order valence-corrected chi connectivity index (χ4v) is 2.41. The number of carbonyl (C=O) groups is 1. The number of carbonyl (C=O) groups excluding carboxylic acids is 1. The summed E-state index contributed by atoms with van der Waals surface area (Å²) in [7, 11) is 0. The van der Waals surface area contributed by atoms with Gasteiger partial charge in [-0.2, -0.15) is 13.2 Å². The van der Waals surface area contributed by atoms with E-state index in [9.17, 15) is 22.4 Å². The van der Waals surface area contributed by atoms with E-state index in [1.165, 1.54) is 24.3 Å². The number of halogens is 4. The van der Waals surface area contributed by atoms with E-state index in [4.69, 9.17) is 4.84 Å². The van der Waals surface area contributed by atoms with Gasteiger partial charge in [0, 0.05) is 5.56 Å². The zero-order chi connectivity index (χ0) is 18.7. The molecule has 0 N–H and O–H groups in total. The summed E-state index contributed by atoms with van der Waals surface area (Å²) in [6.07, 6.45) is -4.37. The maximum absolute atomic E-state index is 13.1. The van der Waals surface area contributed by atoms with E-state index in [0.717, 1.165) is 5.06 Å². The van der Waals surface area contributed by atoms with E-state index in [1.54, 1.807) is 36.4 Å². The van der Waals surface area contributed by atoms with E-state index in [1.807, 2.05) is 0 Å². The van der Waals surface area contributed by atoms with Crippen LogP contribution in [0.5, 0.6) is 0 Å². The van der Waals surface area contributed by atoms with Gasteiger partial charge in [0.15, 0.2) is 12.4 Å². The molecule has 2 aromatic rings. The van der Waals surface area contributed by atoms with Gasteiger partial charge in [0.05, 0.1) is 0 Å². The second kappa shape index (κ2) is 7.07. The molecule has 0 aromatic heterocycles. The highest BCUT2D eigenvalue weighted by Gasteiger charge is 2.37. The molecule has 0 aliphatic carbocycles. The molecule has 1 heterocycles. The van der Waals surface area contributed by atoms with Crippen molar-refractivity contribution in [3.05, 3.63) is 77.6 Å². The van der Waals surface area contributed by atoms with E-state index in [-0.39, 0.29) is 5.76 Å². The number of rotatable bonds is 3. The molecule has 8 heteroatoms. The topological polar surface area (TPSA) is 38.8 Å². The minimum absolute atomic E-state index is 0.211. The summed E-state index contributed by atoms with van der Waals surface area (Å²) < 4.78 is 54.3. The average molecular weight is 367 g/mol. The molecular weight excluding hydrogens is 354 g/mol. The Bertz CT molecular complexity index is 803. The van der Waals surface area contributed by atoms with Crippen molar-refractivity contribution in [1.82, 2.24) is 5.06 Å². The first-order valence-electron chi connectivity index (χ1n) is 7.57. The van der Waals surface area contributed by atoms with Crippen molar-refractivity contribution in [3.63, 3.8) is 0 Å². The fraction of sp³-hybridized carbons (Fsp3) is 0.167. The van der Waals surface area contributed by atoms with Gasteiger partial charge in [-0.1, -0.05) is 30.3 Å². The number of nitrogens with zero attached hydrogens (tertiary/aromatic N) is 1. The Morgan fingerprint density at radius 1 is 1.08 bits per heavy atom. The maximum atomic E-state index is 13.1. The Kier molecular flexibility index (Phi) is 4.83. The van der Waals surface area contributed by atoms with Gasteiger partial charge < -0.3 is 9.57 Å². The summed E-state index contributed by atoms with van der Waals surface area (Å²) in [5, 5.41) is 0.722. The van der Waals surface area contributed by atoms with Gasteiger partial charge in [-0.05, 0) is 35.9 Å². The Morgan fingerprint density at radius 3 is 2.35 bits per heavy atom. The van der Waals surface area contributed by atoms with E-state index in [2.05, 4.69) is 4.74 Å². The number of alkyl halides is 3. The molecule has 1 aliphatic heterocycles. The van der Waals surface area contributed by atoms with E-state index >= 15 is 0 Å². The highest BCUT2D eigenvalue weighted by molar-refractivity contribution is 5.72. The molecule has 0 bridgehead atoms. The second-order valence-corrected chi connectivity index (χ2v) is 5.48. The van der Waals surface area contributed by atoms with Gasteiger partial charge >= 0.3 is 12.3 Å². The molecule has 1 atom stereocenters. The van der Waals surface area contributed by atoms with Crippen LogP contribution in [0.2, 0.25) is 0 Å². The zero-order valence-electron chi connectivity index (χ0n) is 13.2. The molecule has 1 amide bonds. The van der Waals surface area contributed by atoms with Crippen molar-refractivity contribution in [2.75, 3.05) is 6.61 Å². The third-order valence-corrected chi connectivity index (χ3v) is 3.57. The van der Waals surface area contributed by atoms with Crippen molar-refractivity contribution in [2.45, 2.75) is 12.2 Å². The molecule has 3 rings (SSSR count). The first-order chi connectivity index (χ1) is 12.3. The van der Waals surface area contributed by atoms with Crippen LogP contribution in [0.3, 0.4) is 0 Å². The molecule has 136 valence electrons. The largest absolute Gasteiger partial charge is 0.444 e. The average Bonchev–Trinajstić information content (AvgIpc) is 3.06. The predicted molar refractivity (Wildman–Crippen MR) is 83.9 cm³/mol. The van der Waals surface area contributed by atoms with Crippen LogP contribution in [-0.4, -0.2) is 23.9 Å². The standard InChI is InChI=1S/C18H13F4NO3/c19-14-8-6-13(7-9-14)16-10-15(12-4-2-1-3-5-12)23(26-16)17(24)25-11-18(20,21)22/h1-10,15H,11H2. The van der Waals surface area contributed by atoms with Gasteiger partial charge in [-0.15, -0.1) is 5.06 Å². The van der Waals surface area contributed by atoms with Crippen molar-refractivity contribution >= 4 is 11.9 Å². The van der Waals surface area contributed by atoms with E-state index < -0.39 is 30.7 Å². The second-order valence-electron chi connectivity index (χ2n) is 5.48. The lowest BCUT2D eigenvalue weighted by Gasteiger charge is -2.23. The van der Waals surface area contributed by atoms with Crippen LogP contribution in [0, 0.1) is 5.82 Å². The number of hydrogen-bond acceptors (Lipinski definition) is 3. The third kappa shape index (κ3) is 4.14. The smallest absolute Gasteiger partial charge is 0.438 e. The van der Waals surface area contributed by atoms with Crippen LogP contribution in [0.1, 0.15) is 17.2 Å². The van der Waals surface area contributed by atoms with Gasteiger partial charge in [0.25, 0.3) is 0 Å². The number of amides is 1. The molecule has 0 radical (unpaired) electrons. The Balaban J connectivity index is 1.86. The van der Waals surface area contributed by atoms with Crippen LogP contribution in [0.25, 0.3) is 5.76 Å². The predicted octanol–water partition coefficient (Wildman–Crippen LogP) is 4.85. The lowest BCUT2D eigenvalue weighted by Crippen LogP contribution is -2.33. The maximum Gasteiger partial charge on any atom is 0.444 e. The number of ether oxygens (including phenoxy) is 1. The van der Waals surface area contributed by atoms with Crippen LogP contribution in [0.4, 0.5) is 22.4 Å². The Labute approximate surface area is 146 Å².